The van der Waals surface area contributed by atoms with Gasteiger partial charge in [-0.1, -0.05) is 11.6 Å². The van der Waals surface area contributed by atoms with E-state index in [0.717, 1.165) is 48.6 Å². The first-order valence-corrected chi connectivity index (χ1v) is 9.51. The number of imidazole rings is 1. The maximum absolute atomic E-state index is 12.4. The lowest BCUT2D eigenvalue weighted by Crippen LogP contribution is -2.43. The van der Waals surface area contributed by atoms with Crippen molar-refractivity contribution in [1.82, 2.24) is 19.9 Å². The number of piperazine rings is 1. The molecule has 0 radical (unpaired) electrons. The quantitative estimate of drug-likeness (QED) is 0.683. The van der Waals surface area contributed by atoms with Gasteiger partial charge in [-0.3, -0.25) is 14.2 Å². The molecule has 7 nitrogen and oxygen atoms in total. The number of carbonyl (C=O) groups is 1. The number of fused-ring (bicyclic) bond motifs is 1. The minimum absolute atomic E-state index is 0.218. The molecule has 146 valence electrons. The van der Waals surface area contributed by atoms with E-state index in [9.17, 15) is 4.79 Å². The molecule has 28 heavy (non-hydrogen) atoms. The zero-order valence-electron chi connectivity index (χ0n) is 15.9. The molecule has 1 fully saturated rings. The molecule has 3 aromatic rings. The predicted octanol–water partition coefficient (Wildman–Crippen LogP) is 2.72. The third-order valence-corrected chi connectivity index (χ3v) is 5.32. The van der Waals surface area contributed by atoms with Gasteiger partial charge in [-0.05, 0) is 36.4 Å². The van der Waals surface area contributed by atoms with Gasteiger partial charge in [0.2, 0.25) is 0 Å². The summed E-state index contributed by atoms with van der Waals surface area (Å²) in [6, 6.07) is 11.4. The lowest BCUT2D eigenvalue weighted by Gasteiger charge is -2.30. The van der Waals surface area contributed by atoms with E-state index in [1.54, 1.807) is 19.4 Å². The largest absolute Gasteiger partial charge is 0.368 e. The molecule has 1 aliphatic heterocycles. The molecule has 4 rings (SSSR count). The fraction of sp³-hybridized carbons (Fsp3) is 0.300. The van der Waals surface area contributed by atoms with Crippen molar-refractivity contribution in [3.8, 4) is 5.69 Å². The lowest BCUT2D eigenvalue weighted by molar-refractivity contribution is -0.0756. The summed E-state index contributed by atoms with van der Waals surface area (Å²) in [6.07, 6.45) is 1.75. The first-order chi connectivity index (χ1) is 13.6. The van der Waals surface area contributed by atoms with Crippen LogP contribution in [0.15, 0.2) is 42.7 Å². The number of hydroxylamine groups is 2. The SMILES string of the molecule is CON(C)C(=O)c1ccc2ncn(-c3ccc(N4CCNCC4)c(Cl)c3)c2c1. The molecule has 0 spiro atoms. The van der Waals surface area contributed by atoms with E-state index in [0.29, 0.717) is 10.6 Å². The van der Waals surface area contributed by atoms with Crippen LogP contribution in [-0.2, 0) is 4.84 Å². The molecule has 1 N–H and O–H groups in total. The van der Waals surface area contributed by atoms with E-state index in [1.807, 2.05) is 34.9 Å². The number of rotatable bonds is 4. The molecule has 0 saturated carbocycles. The lowest BCUT2D eigenvalue weighted by atomic mass is 10.1. The van der Waals surface area contributed by atoms with E-state index in [4.69, 9.17) is 16.4 Å². The molecule has 0 bridgehead atoms. The molecular formula is C20H22ClN5O2. The molecule has 0 atom stereocenters. The first-order valence-electron chi connectivity index (χ1n) is 9.13. The Labute approximate surface area is 168 Å². The Morgan fingerprint density at radius 2 is 2.00 bits per heavy atom. The number of nitrogens with one attached hydrogen (secondary N) is 1. The number of halogens is 1. The van der Waals surface area contributed by atoms with Gasteiger partial charge in [0, 0.05) is 44.5 Å². The van der Waals surface area contributed by atoms with Gasteiger partial charge in [0.05, 0.1) is 28.9 Å². The summed E-state index contributed by atoms with van der Waals surface area (Å²) in [4.78, 5) is 24.1. The molecule has 2 heterocycles. The second kappa shape index (κ2) is 7.79. The van der Waals surface area contributed by atoms with Crippen molar-refractivity contribution >= 4 is 34.2 Å². The van der Waals surface area contributed by atoms with Crippen LogP contribution < -0.4 is 10.2 Å². The number of nitrogens with zero attached hydrogens (tertiary/aromatic N) is 4. The van der Waals surface area contributed by atoms with Crippen LogP contribution in [0.3, 0.4) is 0 Å². The van der Waals surface area contributed by atoms with Crippen LogP contribution in [0, 0.1) is 0 Å². The van der Waals surface area contributed by atoms with Gasteiger partial charge in [-0.25, -0.2) is 10.0 Å². The third kappa shape index (κ3) is 3.44. The monoisotopic (exact) mass is 399 g/mol. The van der Waals surface area contributed by atoms with Gasteiger partial charge in [0.15, 0.2) is 0 Å². The summed E-state index contributed by atoms with van der Waals surface area (Å²) < 4.78 is 1.94. The van der Waals surface area contributed by atoms with Crippen LogP contribution in [-0.4, -0.2) is 60.9 Å². The molecule has 1 amide bonds. The summed E-state index contributed by atoms with van der Waals surface area (Å²) in [5, 5.41) is 5.24. The predicted molar refractivity (Wildman–Crippen MR) is 110 cm³/mol. The Kier molecular flexibility index (Phi) is 5.21. The second-order valence-corrected chi connectivity index (χ2v) is 7.08. The van der Waals surface area contributed by atoms with Crippen LogP contribution in [0.1, 0.15) is 10.4 Å². The number of benzene rings is 2. The van der Waals surface area contributed by atoms with Gasteiger partial charge < -0.3 is 10.2 Å². The summed E-state index contributed by atoms with van der Waals surface area (Å²) >= 11 is 6.60. The Morgan fingerprint density at radius 1 is 1.21 bits per heavy atom. The summed E-state index contributed by atoms with van der Waals surface area (Å²) in [7, 11) is 3.04. The van der Waals surface area contributed by atoms with Gasteiger partial charge in [0.25, 0.3) is 5.91 Å². The minimum atomic E-state index is -0.218. The van der Waals surface area contributed by atoms with Crippen molar-refractivity contribution in [2.24, 2.45) is 0 Å². The normalized spacial score (nSPS) is 14.5. The highest BCUT2D eigenvalue weighted by molar-refractivity contribution is 6.33. The highest BCUT2D eigenvalue weighted by Gasteiger charge is 2.16. The maximum Gasteiger partial charge on any atom is 0.277 e. The van der Waals surface area contributed by atoms with E-state index in [2.05, 4.69) is 15.2 Å². The van der Waals surface area contributed by atoms with Crippen LogP contribution in [0.4, 0.5) is 5.69 Å². The summed E-state index contributed by atoms with van der Waals surface area (Å²) in [5.41, 5.74) is 4.10. The Balaban J connectivity index is 1.70. The molecule has 8 heteroatoms. The van der Waals surface area contributed by atoms with Crippen molar-refractivity contribution in [2.45, 2.75) is 0 Å². The Bertz CT molecular complexity index is 1010. The topological polar surface area (TPSA) is 62.6 Å². The van der Waals surface area contributed by atoms with Crippen molar-refractivity contribution in [2.75, 3.05) is 45.2 Å². The van der Waals surface area contributed by atoms with Crippen LogP contribution in [0.2, 0.25) is 5.02 Å². The van der Waals surface area contributed by atoms with Crippen molar-refractivity contribution in [1.29, 1.82) is 0 Å². The second-order valence-electron chi connectivity index (χ2n) is 6.68. The van der Waals surface area contributed by atoms with Gasteiger partial charge in [-0.2, -0.15) is 0 Å². The average Bonchev–Trinajstić information content (AvgIpc) is 3.16. The number of anilines is 1. The number of carbonyl (C=O) groups excluding carboxylic acids is 1. The zero-order chi connectivity index (χ0) is 19.7. The average molecular weight is 400 g/mol. The maximum atomic E-state index is 12.4. The number of amides is 1. The number of hydrogen-bond donors (Lipinski definition) is 1. The fourth-order valence-electron chi connectivity index (χ4n) is 3.42. The van der Waals surface area contributed by atoms with E-state index < -0.39 is 0 Å². The molecule has 0 aliphatic carbocycles. The molecule has 0 unspecified atom stereocenters. The van der Waals surface area contributed by atoms with Crippen molar-refractivity contribution in [3.05, 3.63) is 53.3 Å². The molecule has 2 aromatic carbocycles. The van der Waals surface area contributed by atoms with Gasteiger partial charge in [-0.15, -0.1) is 0 Å². The van der Waals surface area contributed by atoms with Crippen LogP contribution >= 0.6 is 11.6 Å². The summed E-state index contributed by atoms with van der Waals surface area (Å²) in [6.45, 7) is 3.78. The van der Waals surface area contributed by atoms with Crippen molar-refractivity contribution in [3.63, 3.8) is 0 Å². The van der Waals surface area contributed by atoms with Crippen LogP contribution in [0.25, 0.3) is 16.7 Å². The highest BCUT2D eigenvalue weighted by atomic mass is 35.5. The van der Waals surface area contributed by atoms with E-state index in [-0.39, 0.29) is 5.91 Å². The standard InChI is InChI=1S/C20H22ClN5O2/c1-24(28-2)20(27)14-3-5-17-19(11-14)26(13-23-17)15-4-6-18(16(21)12-15)25-9-7-22-8-10-25/h3-6,11-13,22H,7-10H2,1-2H3. The Morgan fingerprint density at radius 3 is 2.71 bits per heavy atom. The van der Waals surface area contributed by atoms with E-state index >= 15 is 0 Å². The van der Waals surface area contributed by atoms with Crippen molar-refractivity contribution < 1.29 is 9.63 Å². The fourth-order valence-corrected chi connectivity index (χ4v) is 3.71. The minimum Gasteiger partial charge on any atom is -0.368 e. The van der Waals surface area contributed by atoms with Gasteiger partial charge in [0.1, 0.15) is 6.33 Å². The molecule has 1 saturated heterocycles. The van der Waals surface area contributed by atoms with Gasteiger partial charge >= 0.3 is 0 Å². The smallest absolute Gasteiger partial charge is 0.277 e. The Hall–Kier alpha value is -2.61. The van der Waals surface area contributed by atoms with E-state index in [1.165, 1.54) is 12.2 Å². The molecule has 1 aliphatic rings. The molecular weight excluding hydrogens is 378 g/mol. The van der Waals surface area contributed by atoms with Crippen LogP contribution in [0.5, 0.6) is 0 Å². The number of hydrogen-bond acceptors (Lipinski definition) is 5. The number of aromatic nitrogens is 2. The molecule has 1 aromatic heterocycles. The first kappa shape index (κ1) is 18.7. The third-order valence-electron chi connectivity index (χ3n) is 5.02. The highest BCUT2D eigenvalue weighted by Crippen LogP contribution is 2.30. The summed E-state index contributed by atoms with van der Waals surface area (Å²) in [5.74, 6) is -0.218. The zero-order valence-corrected chi connectivity index (χ0v) is 16.6.